The maximum atomic E-state index is 12.7. The third-order valence-electron chi connectivity index (χ3n) is 5.38. The summed E-state index contributed by atoms with van der Waals surface area (Å²) >= 11 is 0. The second-order valence-corrected chi connectivity index (χ2v) is 8.50. The van der Waals surface area contributed by atoms with E-state index in [2.05, 4.69) is 34.9 Å². The van der Waals surface area contributed by atoms with E-state index in [1.807, 2.05) is 50.2 Å². The molecule has 7 heteroatoms. The van der Waals surface area contributed by atoms with Crippen LogP contribution in [0.1, 0.15) is 40.9 Å². The lowest BCUT2D eigenvalue weighted by Crippen LogP contribution is -2.48. The van der Waals surface area contributed by atoms with Crippen LogP contribution in [0, 0.1) is 12.8 Å². The molecule has 35 heavy (non-hydrogen) atoms. The molecule has 0 aromatic heterocycles. The van der Waals surface area contributed by atoms with Crippen LogP contribution in [0.25, 0.3) is 0 Å². The normalized spacial score (nSPS) is 11.8. The molecule has 0 aliphatic carbocycles. The molecule has 1 unspecified atom stereocenters. The zero-order valence-electron chi connectivity index (χ0n) is 20.4. The van der Waals surface area contributed by atoms with Crippen molar-refractivity contribution in [2.45, 2.75) is 33.4 Å². The number of rotatable bonds is 10. The van der Waals surface area contributed by atoms with Crippen LogP contribution in [0.5, 0.6) is 11.5 Å². The Hall–Kier alpha value is -4.13. The Morgan fingerprint density at radius 1 is 0.914 bits per heavy atom. The molecule has 0 aliphatic heterocycles. The zero-order valence-corrected chi connectivity index (χ0v) is 20.4. The summed E-state index contributed by atoms with van der Waals surface area (Å²) in [4.78, 5) is 25.2. The van der Waals surface area contributed by atoms with Crippen molar-refractivity contribution >= 4 is 18.0 Å². The third-order valence-corrected chi connectivity index (χ3v) is 5.38. The van der Waals surface area contributed by atoms with Crippen molar-refractivity contribution in [3.05, 3.63) is 95.1 Å². The van der Waals surface area contributed by atoms with E-state index >= 15 is 0 Å². The Bertz CT molecular complexity index is 1140. The molecule has 3 aromatic carbocycles. The average Bonchev–Trinajstić information content (AvgIpc) is 2.87. The summed E-state index contributed by atoms with van der Waals surface area (Å²) in [5.74, 6) is 0.535. The van der Waals surface area contributed by atoms with Crippen LogP contribution >= 0.6 is 0 Å². The number of amides is 2. The van der Waals surface area contributed by atoms with Gasteiger partial charge >= 0.3 is 0 Å². The summed E-state index contributed by atoms with van der Waals surface area (Å²) in [6.45, 7) is 6.26. The molecule has 3 aromatic rings. The van der Waals surface area contributed by atoms with Crippen molar-refractivity contribution in [3.63, 3.8) is 0 Å². The number of methoxy groups -OCH3 is 1. The van der Waals surface area contributed by atoms with Gasteiger partial charge in [0.15, 0.2) is 0 Å². The van der Waals surface area contributed by atoms with Gasteiger partial charge in [-0.1, -0.05) is 43.7 Å². The number of carbonyl (C=O) groups excluding carboxylic acids is 2. The minimum absolute atomic E-state index is 0.127. The van der Waals surface area contributed by atoms with E-state index < -0.39 is 11.9 Å². The fourth-order valence-electron chi connectivity index (χ4n) is 3.24. The van der Waals surface area contributed by atoms with Gasteiger partial charge in [0.25, 0.3) is 11.8 Å². The standard InChI is InChI=1S/C28H31N3O4/c1-19(2)26(30-27(32)23-11-15-24(34-4)16-12-23)28(33)31-29-17-21-9-13-25(14-10-21)35-18-22-7-5-20(3)6-8-22/h5-17,19,26H,18H2,1-4H3,(H,30,32)(H,31,33). The summed E-state index contributed by atoms with van der Waals surface area (Å²) < 4.78 is 10.9. The molecule has 0 heterocycles. The van der Waals surface area contributed by atoms with Gasteiger partial charge in [-0.05, 0) is 72.5 Å². The maximum absolute atomic E-state index is 12.7. The topological polar surface area (TPSA) is 89.0 Å². The number of benzene rings is 3. The molecule has 1 atom stereocenters. The Morgan fingerprint density at radius 3 is 2.14 bits per heavy atom. The number of ether oxygens (including phenoxy) is 2. The molecular formula is C28H31N3O4. The SMILES string of the molecule is COc1ccc(C(=O)NC(C(=O)NN=Cc2ccc(OCc3ccc(C)cc3)cc2)C(C)C)cc1. The summed E-state index contributed by atoms with van der Waals surface area (Å²) in [5.41, 5.74) is 6.07. The molecule has 0 saturated heterocycles. The lowest BCUT2D eigenvalue weighted by atomic mass is 10.0. The van der Waals surface area contributed by atoms with Gasteiger partial charge in [0.05, 0.1) is 13.3 Å². The lowest BCUT2D eigenvalue weighted by Gasteiger charge is -2.20. The average molecular weight is 474 g/mol. The molecule has 2 amide bonds. The van der Waals surface area contributed by atoms with Crippen LogP contribution in [0.3, 0.4) is 0 Å². The Morgan fingerprint density at radius 2 is 1.54 bits per heavy atom. The Labute approximate surface area is 206 Å². The number of nitrogens with zero attached hydrogens (tertiary/aromatic N) is 1. The molecule has 0 fully saturated rings. The zero-order chi connectivity index (χ0) is 25.2. The maximum Gasteiger partial charge on any atom is 0.262 e. The highest BCUT2D eigenvalue weighted by Crippen LogP contribution is 2.14. The second kappa shape index (κ2) is 12.4. The number of carbonyl (C=O) groups is 2. The second-order valence-electron chi connectivity index (χ2n) is 8.50. The van der Waals surface area contributed by atoms with Gasteiger partial charge in [-0.2, -0.15) is 5.10 Å². The quantitative estimate of drug-likeness (QED) is 0.335. The summed E-state index contributed by atoms with van der Waals surface area (Å²) in [7, 11) is 1.56. The van der Waals surface area contributed by atoms with E-state index in [0.717, 1.165) is 16.9 Å². The first-order valence-electron chi connectivity index (χ1n) is 11.4. The number of hydrazone groups is 1. The van der Waals surface area contributed by atoms with Crippen molar-refractivity contribution in [1.29, 1.82) is 0 Å². The van der Waals surface area contributed by atoms with E-state index in [1.165, 1.54) is 5.56 Å². The van der Waals surface area contributed by atoms with Crippen LogP contribution in [0.4, 0.5) is 0 Å². The lowest BCUT2D eigenvalue weighted by molar-refractivity contribution is -0.123. The molecule has 0 saturated carbocycles. The van der Waals surface area contributed by atoms with Crippen molar-refractivity contribution in [2.75, 3.05) is 7.11 Å². The van der Waals surface area contributed by atoms with Crippen LogP contribution in [0.2, 0.25) is 0 Å². The van der Waals surface area contributed by atoms with E-state index in [9.17, 15) is 9.59 Å². The van der Waals surface area contributed by atoms with E-state index in [4.69, 9.17) is 9.47 Å². The predicted octanol–water partition coefficient (Wildman–Crippen LogP) is 4.49. The van der Waals surface area contributed by atoms with Crippen molar-refractivity contribution in [2.24, 2.45) is 11.0 Å². The highest BCUT2D eigenvalue weighted by Gasteiger charge is 2.24. The monoisotopic (exact) mass is 473 g/mol. The number of aryl methyl sites for hydroxylation is 1. The van der Waals surface area contributed by atoms with Crippen molar-refractivity contribution in [3.8, 4) is 11.5 Å². The van der Waals surface area contributed by atoms with E-state index in [0.29, 0.717) is 17.9 Å². The first-order chi connectivity index (χ1) is 16.9. The van der Waals surface area contributed by atoms with E-state index in [1.54, 1.807) is 37.6 Å². The summed E-state index contributed by atoms with van der Waals surface area (Å²) in [5, 5.41) is 6.82. The molecule has 182 valence electrons. The first kappa shape index (κ1) is 25.5. The van der Waals surface area contributed by atoms with Gasteiger partial charge in [-0.3, -0.25) is 9.59 Å². The molecule has 3 rings (SSSR count). The molecule has 0 radical (unpaired) electrons. The van der Waals surface area contributed by atoms with Gasteiger partial charge in [0, 0.05) is 5.56 Å². The van der Waals surface area contributed by atoms with Gasteiger partial charge in [0.2, 0.25) is 0 Å². The van der Waals surface area contributed by atoms with Crippen LogP contribution in [-0.4, -0.2) is 31.2 Å². The molecule has 0 aliphatic rings. The molecular weight excluding hydrogens is 442 g/mol. The molecule has 0 spiro atoms. The Balaban J connectivity index is 1.52. The number of hydrogen-bond donors (Lipinski definition) is 2. The fraction of sp³-hybridized carbons (Fsp3) is 0.250. The van der Waals surface area contributed by atoms with Gasteiger partial charge in [0.1, 0.15) is 24.1 Å². The highest BCUT2D eigenvalue weighted by molar-refractivity contribution is 5.97. The van der Waals surface area contributed by atoms with Gasteiger partial charge in [-0.25, -0.2) is 5.43 Å². The summed E-state index contributed by atoms with van der Waals surface area (Å²) in [6.07, 6.45) is 1.55. The molecule has 2 N–H and O–H groups in total. The van der Waals surface area contributed by atoms with E-state index in [-0.39, 0.29) is 11.8 Å². The molecule has 0 bridgehead atoms. The largest absolute Gasteiger partial charge is 0.497 e. The fourth-order valence-corrected chi connectivity index (χ4v) is 3.24. The molecule has 7 nitrogen and oxygen atoms in total. The third kappa shape index (κ3) is 7.71. The summed E-state index contributed by atoms with van der Waals surface area (Å²) in [6, 6.07) is 21.6. The van der Waals surface area contributed by atoms with Crippen LogP contribution in [0.15, 0.2) is 77.9 Å². The smallest absolute Gasteiger partial charge is 0.262 e. The first-order valence-corrected chi connectivity index (χ1v) is 11.4. The number of nitrogens with one attached hydrogen (secondary N) is 2. The van der Waals surface area contributed by atoms with Gasteiger partial charge in [-0.15, -0.1) is 0 Å². The van der Waals surface area contributed by atoms with Crippen LogP contribution < -0.4 is 20.2 Å². The van der Waals surface area contributed by atoms with Crippen molar-refractivity contribution in [1.82, 2.24) is 10.7 Å². The Kier molecular flexibility index (Phi) is 9.01. The highest BCUT2D eigenvalue weighted by atomic mass is 16.5. The predicted molar refractivity (Wildman–Crippen MR) is 137 cm³/mol. The van der Waals surface area contributed by atoms with Gasteiger partial charge < -0.3 is 14.8 Å². The minimum atomic E-state index is -0.737. The number of hydrogen-bond acceptors (Lipinski definition) is 5. The minimum Gasteiger partial charge on any atom is -0.497 e. The van der Waals surface area contributed by atoms with Crippen LogP contribution in [-0.2, 0) is 11.4 Å². The van der Waals surface area contributed by atoms with Crippen molar-refractivity contribution < 1.29 is 19.1 Å².